The van der Waals surface area contributed by atoms with Crippen molar-refractivity contribution in [2.24, 2.45) is 11.8 Å². The van der Waals surface area contributed by atoms with Crippen LogP contribution in [0.1, 0.15) is 38.2 Å². The molecule has 3 nitrogen and oxygen atoms in total. The number of rotatable bonds is 2. The smallest absolute Gasteiger partial charge is 0.237 e. The third-order valence-electron chi connectivity index (χ3n) is 4.44. The topological polar surface area (TPSA) is 37.4 Å². The number of carbonyl (C=O) groups excluding carboxylic acids is 2. The molecule has 0 radical (unpaired) electrons. The fourth-order valence-corrected chi connectivity index (χ4v) is 3.30. The second kappa shape index (κ2) is 4.80. The first kappa shape index (κ1) is 12.4. The molecule has 1 saturated carbocycles. The van der Waals surface area contributed by atoms with Crippen LogP contribution in [0.5, 0.6) is 0 Å². The van der Waals surface area contributed by atoms with Crippen molar-refractivity contribution >= 4 is 17.5 Å². The maximum Gasteiger partial charge on any atom is 0.237 e. The number of carbonyl (C=O) groups is 2. The Hall–Kier alpha value is -1.64. The van der Waals surface area contributed by atoms with Crippen LogP contribution in [0.4, 0.5) is 5.69 Å². The normalized spacial score (nSPS) is 26.7. The van der Waals surface area contributed by atoms with Crippen molar-refractivity contribution in [1.29, 1.82) is 0 Å². The Balaban J connectivity index is 1.91. The fourth-order valence-electron chi connectivity index (χ4n) is 3.30. The molecule has 3 heteroatoms. The van der Waals surface area contributed by atoms with Crippen molar-refractivity contribution in [3.05, 3.63) is 29.8 Å². The summed E-state index contributed by atoms with van der Waals surface area (Å²) in [5.41, 5.74) is 1.96. The molecule has 1 saturated heterocycles. The fraction of sp³-hybridized carbons (Fsp3) is 0.500. The van der Waals surface area contributed by atoms with Crippen LogP contribution in [0.15, 0.2) is 24.3 Å². The zero-order valence-corrected chi connectivity index (χ0v) is 11.3. The third-order valence-corrected chi connectivity index (χ3v) is 4.44. The summed E-state index contributed by atoms with van der Waals surface area (Å²) in [4.78, 5) is 26.2. The van der Waals surface area contributed by atoms with Gasteiger partial charge in [0.15, 0.2) is 0 Å². The van der Waals surface area contributed by atoms with Crippen molar-refractivity contribution in [3.8, 4) is 0 Å². The largest absolute Gasteiger partial charge is 0.274 e. The molecular weight excluding hydrogens is 238 g/mol. The number of hydrogen-bond acceptors (Lipinski definition) is 2. The van der Waals surface area contributed by atoms with E-state index >= 15 is 0 Å². The molecule has 0 N–H and O–H groups in total. The molecule has 1 aromatic rings. The minimum atomic E-state index is -0.0629. The Labute approximate surface area is 113 Å². The Bertz CT molecular complexity index is 482. The summed E-state index contributed by atoms with van der Waals surface area (Å²) in [6, 6.07) is 7.79. The van der Waals surface area contributed by atoms with E-state index in [2.05, 4.69) is 6.92 Å². The molecular formula is C16H19NO2. The molecule has 1 aliphatic carbocycles. The van der Waals surface area contributed by atoms with Gasteiger partial charge < -0.3 is 0 Å². The summed E-state index contributed by atoms with van der Waals surface area (Å²) in [6.45, 7) is 2.09. The Morgan fingerprint density at radius 3 is 2.00 bits per heavy atom. The SMILES string of the molecule is CCc1ccc(N2C(=O)[C@H]3CCCC[C@@H]3C2=O)cc1. The van der Waals surface area contributed by atoms with Gasteiger partial charge in [-0.1, -0.05) is 31.9 Å². The van der Waals surface area contributed by atoms with Crippen molar-refractivity contribution < 1.29 is 9.59 Å². The maximum absolute atomic E-state index is 12.4. The van der Waals surface area contributed by atoms with Crippen LogP contribution >= 0.6 is 0 Å². The van der Waals surface area contributed by atoms with Crippen LogP contribution in [0.2, 0.25) is 0 Å². The average molecular weight is 257 g/mol. The molecule has 1 aromatic carbocycles. The summed E-state index contributed by atoms with van der Waals surface area (Å²) in [7, 11) is 0. The highest BCUT2D eigenvalue weighted by Gasteiger charge is 2.48. The summed E-state index contributed by atoms with van der Waals surface area (Å²) in [5.74, 6) is -0.0999. The van der Waals surface area contributed by atoms with E-state index in [-0.39, 0.29) is 23.7 Å². The standard InChI is InChI=1S/C16H19NO2/c1-2-11-7-9-12(10-8-11)17-15(18)13-5-3-4-6-14(13)16(17)19/h7-10,13-14H,2-6H2,1H3/t13-,14-/m0/s1. The molecule has 1 aliphatic heterocycles. The van der Waals surface area contributed by atoms with Crippen LogP contribution < -0.4 is 4.90 Å². The first-order valence-corrected chi connectivity index (χ1v) is 7.19. The van der Waals surface area contributed by atoms with E-state index in [1.807, 2.05) is 24.3 Å². The van der Waals surface area contributed by atoms with Crippen LogP contribution in [-0.4, -0.2) is 11.8 Å². The lowest BCUT2D eigenvalue weighted by Gasteiger charge is -2.19. The van der Waals surface area contributed by atoms with E-state index in [0.717, 1.165) is 37.8 Å². The average Bonchev–Trinajstić information content (AvgIpc) is 2.72. The van der Waals surface area contributed by atoms with Crippen LogP contribution in [-0.2, 0) is 16.0 Å². The number of nitrogens with zero attached hydrogens (tertiary/aromatic N) is 1. The minimum Gasteiger partial charge on any atom is -0.274 e. The van der Waals surface area contributed by atoms with Gasteiger partial charge in [-0.2, -0.15) is 0 Å². The van der Waals surface area contributed by atoms with Gasteiger partial charge in [-0.3, -0.25) is 14.5 Å². The number of fused-ring (bicyclic) bond motifs is 1. The highest BCUT2D eigenvalue weighted by atomic mass is 16.2. The van der Waals surface area contributed by atoms with Crippen molar-refractivity contribution in [3.63, 3.8) is 0 Å². The van der Waals surface area contributed by atoms with E-state index in [4.69, 9.17) is 0 Å². The predicted molar refractivity (Wildman–Crippen MR) is 73.8 cm³/mol. The zero-order chi connectivity index (χ0) is 13.4. The molecule has 2 amide bonds. The van der Waals surface area contributed by atoms with Crippen molar-refractivity contribution in [2.45, 2.75) is 39.0 Å². The lowest BCUT2D eigenvalue weighted by molar-refractivity contribution is -0.122. The first-order valence-electron chi connectivity index (χ1n) is 7.19. The van der Waals surface area contributed by atoms with E-state index < -0.39 is 0 Å². The summed E-state index contributed by atoms with van der Waals surface area (Å²) < 4.78 is 0. The molecule has 3 rings (SSSR count). The Morgan fingerprint density at radius 2 is 1.53 bits per heavy atom. The van der Waals surface area contributed by atoms with E-state index in [1.165, 1.54) is 10.5 Å². The van der Waals surface area contributed by atoms with Gasteiger partial charge in [-0.15, -0.1) is 0 Å². The molecule has 0 aromatic heterocycles. The first-order chi connectivity index (χ1) is 9.22. The molecule has 0 spiro atoms. The van der Waals surface area contributed by atoms with Gasteiger partial charge in [0.1, 0.15) is 0 Å². The summed E-state index contributed by atoms with van der Waals surface area (Å²) in [5, 5.41) is 0. The van der Waals surface area contributed by atoms with Crippen LogP contribution in [0.3, 0.4) is 0 Å². The number of imide groups is 1. The second-order valence-electron chi connectivity index (χ2n) is 5.53. The second-order valence-corrected chi connectivity index (χ2v) is 5.53. The van der Waals surface area contributed by atoms with Crippen LogP contribution in [0, 0.1) is 11.8 Å². The molecule has 100 valence electrons. The number of aryl methyl sites for hydroxylation is 1. The van der Waals surface area contributed by atoms with Gasteiger partial charge in [-0.25, -0.2) is 0 Å². The summed E-state index contributed by atoms with van der Waals surface area (Å²) in [6.07, 6.45) is 4.86. The number of benzene rings is 1. The lowest BCUT2D eigenvalue weighted by Crippen LogP contribution is -2.30. The lowest BCUT2D eigenvalue weighted by atomic mass is 9.81. The minimum absolute atomic E-state index is 0.0129. The predicted octanol–water partition coefficient (Wildman–Crippen LogP) is 2.93. The van der Waals surface area contributed by atoms with E-state index in [0.29, 0.717) is 0 Å². The maximum atomic E-state index is 12.4. The van der Waals surface area contributed by atoms with Gasteiger partial charge >= 0.3 is 0 Å². The molecule has 1 heterocycles. The Morgan fingerprint density at radius 1 is 1.00 bits per heavy atom. The van der Waals surface area contributed by atoms with E-state index in [9.17, 15) is 9.59 Å². The molecule has 0 unspecified atom stereocenters. The number of anilines is 1. The van der Waals surface area contributed by atoms with E-state index in [1.54, 1.807) is 0 Å². The molecule has 2 aliphatic rings. The zero-order valence-electron chi connectivity index (χ0n) is 11.3. The molecule has 0 bridgehead atoms. The number of amides is 2. The Kier molecular flexibility index (Phi) is 3.13. The van der Waals surface area contributed by atoms with Gasteiger partial charge in [0.25, 0.3) is 0 Å². The van der Waals surface area contributed by atoms with Crippen LogP contribution in [0.25, 0.3) is 0 Å². The van der Waals surface area contributed by atoms with Gasteiger partial charge in [-0.05, 0) is 37.0 Å². The highest BCUT2D eigenvalue weighted by Crippen LogP contribution is 2.39. The quantitative estimate of drug-likeness (QED) is 0.764. The van der Waals surface area contributed by atoms with Crippen molar-refractivity contribution in [2.75, 3.05) is 4.90 Å². The van der Waals surface area contributed by atoms with Gasteiger partial charge in [0, 0.05) is 0 Å². The molecule has 2 atom stereocenters. The highest BCUT2D eigenvalue weighted by molar-refractivity contribution is 6.22. The van der Waals surface area contributed by atoms with Gasteiger partial charge in [0.2, 0.25) is 11.8 Å². The molecule has 2 fully saturated rings. The molecule has 19 heavy (non-hydrogen) atoms. The summed E-state index contributed by atoms with van der Waals surface area (Å²) >= 11 is 0. The number of hydrogen-bond donors (Lipinski definition) is 0. The third kappa shape index (κ3) is 1.97. The van der Waals surface area contributed by atoms with Crippen molar-refractivity contribution in [1.82, 2.24) is 0 Å². The van der Waals surface area contributed by atoms with Gasteiger partial charge in [0.05, 0.1) is 17.5 Å². The monoisotopic (exact) mass is 257 g/mol.